The van der Waals surface area contributed by atoms with E-state index in [4.69, 9.17) is 0 Å². The van der Waals surface area contributed by atoms with E-state index in [2.05, 4.69) is 22.8 Å². The quantitative estimate of drug-likeness (QED) is 0.880. The predicted molar refractivity (Wildman–Crippen MR) is 78.3 cm³/mol. The van der Waals surface area contributed by atoms with Crippen LogP contribution in [0, 0.1) is 6.92 Å². The van der Waals surface area contributed by atoms with Gasteiger partial charge in [0.25, 0.3) is 5.91 Å². The van der Waals surface area contributed by atoms with E-state index in [1.54, 1.807) is 7.05 Å². The summed E-state index contributed by atoms with van der Waals surface area (Å²) < 4.78 is 0. The number of carbonyl (C=O) groups is 1. The molecule has 0 heterocycles. The molecular formula is C16H18N2O. The molecule has 3 nitrogen and oxygen atoms in total. The summed E-state index contributed by atoms with van der Waals surface area (Å²) in [6.07, 6.45) is 0. The number of carbonyl (C=O) groups excluding carboxylic acids is 1. The Morgan fingerprint density at radius 3 is 2.47 bits per heavy atom. The van der Waals surface area contributed by atoms with Crippen LogP contribution in [0.15, 0.2) is 48.5 Å². The van der Waals surface area contributed by atoms with E-state index in [1.807, 2.05) is 43.3 Å². The van der Waals surface area contributed by atoms with Crippen LogP contribution in [0.5, 0.6) is 0 Å². The van der Waals surface area contributed by atoms with Gasteiger partial charge in [0, 0.05) is 24.8 Å². The zero-order valence-electron chi connectivity index (χ0n) is 11.2. The molecule has 0 aliphatic heterocycles. The molecule has 2 aromatic carbocycles. The molecule has 0 radical (unpaired) electrons. The fraction of sp³-hybridized carbons (Fsp3) is 0.188. The normalized spacial score (nSPS) is 10.0. The van der Waals surface area contributed by atoms with Crippen molar-refractivity contribution in [2.75, 3.05) is 12.4 Å². The van der Waals surface area contributed by atoms with Crippen LogP contribution in [-0.2, 0) is 6.54 Å². The average Bonchev–Trinajstić information content (AvgIpc) is 2.46. The molecule has 1 amide bonds. The molecule has 19 heavy (non-hydrogen) atoms. The lowest BCUT2D eigenvalue weighted by atomic mass is 10.1. The van der Waals surface area contributed by atoms with Crippen molar-refractivity contribution in [3.05, 3.63) is 65.2 Å². The van der Waals surface area contributed by atoms with Gasteiger partial charge in [-0.05, 0) is 30.2 Å². The van der Waals surface area contributed by atoms with Gasteiger partial charge in [0.15, 0.2) is 0 Å². The van der Waals surface area contributed by atoms with Gasteiger partial charge in [-0.15, -0.1) is 0 Å². The van der Waals surface area contributed by atoms with Gasteiger partial charge >= 0.3 is 0 Å². The molecule has 2 aromatic rings. The third-order valence-electron chi connectivity index (χ3n) is 3.13. The average molecular weight is 254 g/mol. The third kappa shape index (κ3) is 3.13. The first kappa shape index (κ1) is 13.1. The van der Waals surface area contributed by atoms with E-state index >= 15 is 0 Å². The second kappa shape index (κ2) is 6.05. The van der Waals surface area contributed by atoms with Crippen LogP contribution in [-0.4, -0.2) is 13.0 Å². The van der Waals surface area contributed by atoms with Gasteiger partial charge in [0.1, 0.15) is 0 Å². The Labute approximate surface area is 113 Å². The second-order valence-corrected chi connectivity index (χ2v) is 4.40. The Bertz CT molecular complexity index is 564. The summed E-state index contributed by atoms with van der Waals surface area (Å²) >= 11 is 0. The van der Waals surface area contributed by atoms with Crippen LogP contribution < -0.4 is 10.6 Å². The number of rotatable bonds is 4. The van der Waals surface area contributed by atoms with E-state index in [9.17, 15) is 4.79 Å². The Kier molecular flexibility index (Phi) is 4.18. The Hall–Kier alpha value is -2.29. The van der Waals surface area contributed by atoms with Crippen LogP contribution >= 0.6 is 0 Å². The summed E-state index contributed by atoms with van der Waals surface area (Å²) in [6, 6.07) is 15.9. The second-order valence-electron chi connectivity index (χ2n) is 4.40. The van der Waals surface area contributed by atoms with Crippen molar-refractivity contribution in [1.29, 1.82) is 0 Å². The molecule has 0 saturated carbocycles. The predicted octanol–water partition coefficient (Wildman–Crippen LogP) is 2.97. The largest absolute Gasteiger partial charge is 0.381 e. The monoisotopic (exact) mass is 254 g/mol. The van der Waals surface area contributed by atoms with Crippen molar-refractivity contribution in [3.8, 4) is 0 Å². The number of benzene rings is 2. The molecule has 2 N–H and O–H groups in total. The van der Waals surface area contributed by atoms with Gasteiger partial charge in [0.2, 0.25) is 0 Å². The van der Waals surface area contributed by atoms with Crippen LogP contribution in [0.25, 0.3) is 0 Å². The van der Waals surface area contributed by atoms with Crippen molar-refractivity contribution in [1.82, 2.24) is 5.32 Å². The highest BCUT2D eigenvalue weighted by Crippen LogP contribution is 2.19. The minimum Gasteiger partial charge on any atom is -0.381 e. The number of amides is 1. The minimum absolute atomic E-state index is 0.0548. The Balaban J connectivity index is 2.15. The molecule has 0 atom stereocenters. The first-order valence-electron chi connectivity index (χ1n) is 6.32. The first-order chi connectivity index (χ1) is 9.22. The molecule has 0 spiro atoms. The number of hydrogen-bond acceptors (Lipinski definition) is 2. The summed E-state index contributed by atoms with van der Waals surface area (Å²) in [5.74, 6) is -0.0548. The molecule has 3 heteroatoms. The Morgan fingerprint density at radius 2 is 1.79 bits per heavy atom. The van der Waals surface area contributed by atoms with E-state index < -0.39 is 0 Å². The molecule has 0 unspecified atom stereocenters. The van der Waals surface area contributed by atoms with Crippen molar-refractivity contribution >= 4 is 11.6 Å². The highest BCUT2D eigenvalue weighted by atomic mass is 16.1. The topological polar surface area (TPSA) is 41.1 Å². The molecule has 0 aromatic heterocycles. The summed E-state index contributed by atoms with van der Waals surface area (Å²) in [5, 5.41) is 6.02. The lowest BCUT2D eigenvalue weighted by Crippen LogP contribution is -2.19. The van der Waals surface area contributed by atoms with Gasteiger partial charge in [-0.25, -0.2) is 0 Å². The third-order valence-corrected chi connectivity index (χ3v) is 3.13. The summed E-state index contributed by atoms with van der Waals surface area (Å²) in [6.45, 7) is 2.71. The smallest absolute Gasteiger partial charge is 0.251 e. The highest BCUT2D eigenvalue weighted by molar-refractivity contribution is 5.96. The fourth-order valence-electron chi connectivity index (χ4n) is 2.00. The lowest BCUT2D eigenvalue weighted by molar-refractivity contribution is 0.0962. The molecule has 98 valence electrons. The molecule has 0 fully saturated rings. The van der Waals surface area contributed by atoms with Gasteiger partial charge in [0.05, 0.1) is 0 Å². The zero-order chi connectivity index (χ0) is 13.7. The fourth-order valence-corrected chi connectivity index (χ4v) is 2.00. The maximum Gasteiger partial charge on any atom is 0.251 e. The van der Waals surface area contributed by atoms with E-state index in [-0.39, 0.29) is 5.91 Å². The van der Waals surface area contributed by atoms with Crippen molar-refractivity contribution < 1.29 is 4.79 Å². The maximum absolute atomic E-state index is 11.7. The molecule has 0 bridgehead atoms. The Morgan fingerprint density at radius 1 is 1.05 bits per heavy atom. The molecule has 0 aliphatic rings. The van der Waals surface area contributed by atoms with Gasteiger partial charge in [-0.1, -0.05) is 36.4 Å². The van der Waals surface area contributed by atoms with Gasteiger partial charge in [-0.3, -0.25) is 4.79 Å². The van der Waals surface area contributed by atoms with Crippen LogP contribution in [0.1, 0.15) is 21.5 Å². The number of hydrogen-bond donors (Lipinski definition) is 2. The van der Waals surface area contributed by atoms with E-state index in [0.717, 1.165) is 17.8 Å². The molecule has 0 saturated heterocycles. The van der Waals surface area contributed by atoms with Crippen molar-refractivity contribution in [2.24, 2.45) is 0 Å². The summed E-state index contributed by atoms with van der Waals surface area (Å²) in [5.41, 5.74) is 3.88. The van der Waals surface area contributed by atoms with Crippen molar-refractivity contribution in [2.45, 2.75) is 13.5 Å². The van der Waals surface area contributed by atoms with Gasteiger partial charge in [-0.2, -0.15) is 0 Å². The highest BCUT2D eigenvalue weighted by Gasteiger charge is 2.09. The molecule has 2 rings (SSSR count). The summed E-state index contributed by atoms with van der Waals surface area (Å²) in [4.78, 5) is 11.7. The SMILES string of the molecule is CNC(=O)c1cccc(NCc2ccccc2)c1C. The van der Waals surface area contributed by atoms with Crippen molar-refractivity contribution in [3.63, 3.8) is 0 Å². The van der Waals surface area contributed by atoms with Gasteiger partial charge < -0.3 is 10.6 Å². The van der Waals surface area contributed by atoms with E-state index in [0.29, 0.717) is 5.56 Å². The molecule has 0 aliphatic carbocycles. The zero-order valence-corrected chi connectivity index (χ0v) is 11.2. The lowest BCUT2D eigenvalue weighted by Gasteiger charge is -2.12. The maximum atomic E-state index is 11.7. The first-order valence-corrected chi connectivity index (χ1v) is 6.32. The van der Waals surface area contributed by atoms with E-state index in [1.165, 1.54) is 5.56 Å². The minimum atomic E-state index is -0.0548. The summed E-state index contributed by atoms with van der Waals surface area (Å²) in [7, 11) is 1.64. The van der Waals surface area contributed by atoms with Crippen LogP contribution in [0.4, 0.5) is 5.69 Å². The number of nitrogens with one attached hydrogen (secondary N) is 2. The standard InChI is InChI=1S/C16H18N2O/c1-12-14(16(19)17-2)9-6-10-15(12)18-11-13-7-4-3-5-8-13/h3-10,18H,11H2,1-2H3,(H,17,19). The van der Waals surface area contributed by atoms with Crippen LogP contribution in [0.2, 0.25) is 0 Å². The number of anilines is 1. The molecular weight excluding hydrogens is 236 g/mol. The van der Waals surface area contributed by atoms with Crippen LogP contribution in [0.3, 0.4) is 0 Å².